The van der Waals surface area contributed by atoms with Crippen molar-refractivity contribution >= 4 is 39.8 Å². The van der Waals surface area contributed by atoms with Crippen LogP contribution in [0.3, 0.4) is 0 Å². The van der Waals surface area contributed by atoms with Crippen LogP contribution in [0.25, 0.3) is 22.2 Å². The molecule has 1 saturated heterocycles. The highest BCUT2D eigenvalue weighted by atomic mass is 32.1. The van der Waals surface area contributed by atoms with Gasteiger partial charge in [0.25, 0.3) is 0 Å². The fraction of sp³-hybridized carbons (Fsp3) is 0.238. The standard InChI is InChI=1S/C21H20N6OS/c1-12-9-23-20(29-12)15-7-8-27(21(15)28)14-5-3-13(4-6-14)16-10-26(2)19-17(16)18(22)24-11-25-19/h3-6,9-11,15H,7-8H2,1-2H3,(H2,22,24,25). The predicted octanol–water partition coefficient (Wildman–Crippen LogP) is 3.50. The molecule has 8 heteroatoms. The Labute approximate surface area is 171 Å². The molecule has 1 aliphatic heterocycles. The average molecular weight is 404 g/mol. The molecule has 0 spiro atoms. The number of rotatable bonds is 3. The normalized spacial score (nSPS) is 16.8. The zero-order valence-electron chi connectivity index (χ0n) is 16.2. The van der Waals surface area contributed by atoms with Crippen molar-refractivity contribution < 1.29 is 4.79 Å². The lowest BCUT2D eigenvalue weighted by molar-refractivity contribution is -0.118. The van der Waals surface area contributed by atoms with Crippen molar-refractivity contribution in [2.24, 2.45) is 7.05 Å². The van der Waals surface area contributed by atoms with E-state index in [-0.39, 0.29) is 11.8 Å². The number of hydrogen-bond acceptors (Lipinski definition) is 6. The number of nitrogen functional groups attached to an aromatic ring is 1. The lowest BCUT2D eigenvalue weighted by Gasteiger charge is -2.17. The van der Waals surface area contributed by atoms with Crippen LogP contribution in [0.15, 0.2) is 43.0 Å². The third-order valence-corrected chi connectivity index (χ3v) is 6.44. The molecular formula is C21H20N6OS. The van der Waals surface area contributed by atoms with E-state index in [1.807, 2.05) is 60.1 Å². The molecule has 4 heterocycles. The van der Waals surface area contributed by atoms with Gasteiger partial charge in [0.2, 0.25) is 5.91 Å². The molecule has 1 aliphatic rings. The third kappa shape index (κ3) is 2.87. The fourth-order valence-electron chi connectivity index (χ4n) is 3.97. The van der Waals surface area contributed by atoms with Gasteiger partial charge < -0.3 is 15.2 Å². The van der Waals surface area contributed by atoms with E-state index in [0.717, 1.165) is 44.2 Å². The summed E-state index contributed by atoms with van der Waals surface area (Å²) in [6.45, 7) is 2.72. The van der Waals surface area contributed by atoms with Gasteiger partial charge >= 0.3 is 0 Å². The molecule has 3 aromatic heterocycles. The Morgan fingerprint density at radius 3 is 2.69 bits per heavy atom. The predicted molar refractivity (Wildman–Crippen MR) is 115 cm³/mol. The van der Waals surface area contributed by atoms with Gasteiger partial charge in [0.1, 0.15) is 22.8 Å². The van der Waals surface area contributed by atoms with Crippen LogP contribution in [0, 0.1) is 6.92 Å². The van der Waals surface area contributed by atoms with Gasteiger partial charge in [-0.15, -0.1) is 11.3 Å². The van der Waals surface area contributed by atoms with E-state index in [0.29, 0.717) is 12.4 Å². The second kappa shape index (κ2) is 6.66. The van der Waals surface area contributed by atoms with Crippen LogP contribution < -0.4 is 10.6 Å². The van der Waals surface area contributed by atoms with Crippen LogP contribution in [0.2, 0.25) is 0 Å². The van der Waals surface area contributed by atoms with Gasteiger partial charge in [0.05, 0.1) is 11.3 Å². The second-order valence-electron chi connectivity index (χ2n) is 7.30. The first-order chi connectivity index (χ1) is 14.0. The lowest BCUT2D eigenvalue weighted by atomic mass is 10.1. The maximum atomic E-state index is 12.9. The van der Waals surface area contributed by atoms with Gasteiger partial charge in [-0.25, -0.2) is 15.0 Å². The molecule has 1 unspecified atom stereocenters. The summed E-state index contributed by atoms with van der Waals surface area (Å²) in [6, 6.07) is 8.01. The van der Waals surface area contributed by atoms with Crippen LogP contribution in [0.5, 0.6) is 0 Å². The van der Waals surface area contributed by atoms with Crippen LogP contribution >= 0.6 is 11.3 Å². The minimum atomic E-state index is -0.136. The molecule has 146 valence electrons. The molecule has 29 heavy (non-hydrogen) atoms. The first-order valence-electron chi connectivity index (χ1n) is 9.42. The van der Waals surface area contributed by atoms with Crippen LogP contribution in [0.4, 0.5) is 11.5 Å². The topological polar surface area (TPSA) is 89.9 Å². The largest absolute Gasteiger partial charge is 0.383 e. The Bertz CT molecular complexity index is 1230. The summed E-state index contributed by atoms with van der Waals surface area (Å²) in [5.74, 6) is 0.448. The first-order valence-corrected chi connectivity index (χ1v) is 10.2. The second-order valence-corrected chi connectivity index (χ2v) is 8.56. The Balaban J connectivity index is 1.45. The van der Waals surface area contributed by atoms with Gasteiger partial charge in [-0.1, -0.05) is 12.1 Å². The highest BCUT2D eigenvalue weighted by Crippen LogP contribution is 2.36. The summed E-state index contributed by atoms with van der Waals surface area (Å²) in [6.07, 6.45) is 6.12. The number of anilines is 2. The molecule has 1 amide bonds. The minimum Gasteiger partial charge on any atom is -0.383 e. The molecule has 7 nitrogen and oxygen atoms in total. The van der Waals surface area contributed by atoms with Gasteiger partial charge in [-0.05, 0) is 31.0 Å². The van der Waals surface area contributed by atoms with Gasteiger partial charge in [-0.3, -0.25) is 4.79 Å². The molecule has 0 saturated carbocycles. The summed E-state index contributed by atoms with van der Waals surface area (Å²) in [4.78, 5) is 28.8. The molecular weight excluding hydrogens is 384 g/mol. The van der Waals surface area contributed by atoms with Crippen molar-refractivity contribution in [2.75, 3.05) is 17.2 Å². The summed E-state index contributed by atoms with van der Waals surface area (Å²) in [5.41, 5.74) is 9.80. The highest BCUT2D eigenvalue weighted by molar-refractivity contribution is 7.11. The van der Waals surface area contributed by atoms with Crippen molar-refractivity contribution in [1.82, 2.24) is 19.5 Å². The molecule has 2 N–H and O–H groups in total. The maximum Gasteiger partial charge on any atom is 0.237 e. The fourth-order valence-corrected chi connectivity index (χ4v) is 4.87. The molecule has 0 radical (unpaired) electrons. The Hall–Kier alpha value is -3.26. The van der Waals surface area contributed by atoms with Crippen LogP contribution in [-0.2, 0) is 11.8 Å². The van der Waals surface area contributed by atoms with Crippen molar-refractivity contribution in [2.45, 2.75) is 19.3 Å². The smallest absolute Gasteiger partial charge is 0.237 e. The molecule has 4 aromatic rings. The van der Waals surface area contributed by atoms with Gasteiger partial charge in [0, 0.05) is 42.1 Å². The van der Waals surface area contributed by atoms with Crippen molar-refractivity contribution in [1.29, 1.82) is 0 Å². The molecule has 1 aromatic carbocycles. The van der Waals surface area contributed by atoms with E-state index in [1.165, 1.54) is 6.33 Å². The summed E-state index contributed by atoms with van der Waals surface area (Å²) in [5, 5.41) is 1.76. The molecule has 1 fully saturated rings. The number of nitrogens with two attached hydrogens (primary N) is 1. The molecule has 0 aliphatic carbocycles. The summed E-state index contributed by atoms with van der Waals surface area (Å²) < 4.78 is 1.95. The zero-order valence-corrected chi connectivity index (χ0v) is 17.0. The monoisotopic (exact) mass is 404 g/mol. The van der Waals surface area contributed by atoms with Crippen LogP contribution in [-0.4, -0.2) is 32.0 Å². The van der Waals surface area contributed by atoms with Crippen molar-refractivity contribution in [3.63, 3.8) is 0 Å². The number of aromatic nitrogens is 4. The Morgan fingerprint density at radius 1 is 1.17 bits per heavy atom. The minimum absolute atomic E-state index is 0.120. The Kier molecular flexibility index (Phi) is 4.09. The van der Waals surface area contributed by atoms with E-state index in [4.69, 9.17) is 5.73 Å². The van der Waals surface area contributed by atoms with Crippen LogP contribution in [0.1, 0.15) is 22.2 Å². The molecule has 1 atom stereocenters. The SMILES string of the molecule is Cc1cnc(C2CCN(c3ccc(-c4cn(C)c5ncnc(N)c45)cc3)C2=O)s1. The quantitative estimate of drug-likeness (QED) is 0.564. The number of amides is 1. The number of fused-ring (bicyclic) bond motifs is 1. The van der Waals surface area contributed by atoms with Gasteiger partial charge in [-0.2, -0.15) is 0 Å². The third-order valence-electron chi connectivity index (χ3n) is 5.42. The average Bonchev–Trinajstić information content (AvgIpc) is 3.40. The van der Waals surface area contributed by atoms with E-state index >= 15 is 0 Å². The zero-order chi connectivity index (χ0) is 20.1. The van der Waals surface area contributed by atoms with Crippen molar-refractivity contribution in [3.8, 4) is 11.1 Å². The number of aryl methyl sites for hydroxylation is 2. The first kappa shape index (κ1) is 17.8. The maximum absolute atomic E-state index is 12.9. The number of hydrogen-bond donors (Lipinski definition) is 1. The Morgan fingerprint density at radius 2 is 1.97 bits per heavy atom. The van der Waals surface area contributed by atoms with E-state index in [9.17, 15) is 4.79 Å². The highest BCUT2D eigenvalue weighted by Gasteiger charge is 2.35. The van der Waals surface area contributed by atoms with Gasteiger partial charge in [0.15, 0.2) is 0 Å². The molecule has 5 rings (SSSR count). The summed E-state index contributed by atoms with van der Waals surface area (Å²) in [7, 11) is 1.94. The van der Waals surface area contributed by atoms with E-state index in [2.05, 4.69) is 15.0 Å². The number of carbonyl (C=O) groups is 1. The van der Waals surface area contributed by atoms with E-state index < -0.39 is 0 Å². The van der Waals surface area contributed by atoms with Crippen molar-refractivity contribution in [3.05, 3.63) is 52.9 Å². The lowest BCUT2D eigenvalue weighted by Crippen LogP contribution is -2.26. The number of carbonyl (C=O) groups excluding carboxylic acids is 1. The molecule has 0 bridgehead atoms. The number of benzene rings is 1. The summed E-state index contributed by atoms with van der Waals surface area (Å²) >= 11 is 1.61. The van der Waals surface area contributed by atoms with E-state index in [1.54, 1.807) is 11.3 Å². The number of thiazole rings is 1. The number of nitrogens with zero attached hydrogens (tertiary/aromatic N) is 5.